The fourth-order valence-corrected chi connectivity index (χ4v) is 8.56. The molecule has 7 nitrogen and oxygen atoms in total. The maximum atomic E-state index is 14.3. The number of anilines is 1. The molecule has 0 aliphatic carbocycles. The first-order valence-corrected chi connectivity index (χ1v) is 13.2. The second kappa shape index (κ2) is 8.98. The molecule has 2 fully saturated rings. The molecule has 0 bridgehead atoms. The molecule has 9 heteroatoms. The number of hydrogen-bond acceptors (Lipinski definition) is 5. The van der Waals surface area contributed by atoms with Crippen LogP contribution in [0.4, 0.5) is 5.69 Å². The Kier molecular flexibility index (Phi) is 6.26. The number of aliphatic hydroxyl groups is 1. The van der Waals surface area contributed by atoms with Crippen LogP contribution < -0.4 is 4.90 Å². The minimum Gasteiger partial charge on any atom is -0.396 e. The lowest BCUT2D eigenvalue weighted by atomic mass is 9.74. The van der Waals surface area contributed by atoms with Crippen LogP contribution in [-0.2, 0) is 14.4 Å². The summed E-state index contributed by atoms with van der Waals surface area (Å²) in [5.41, 5.74) is 0.603. The number of para-hydroxylation sites is 1. The average molecular weight is 516 g/mol. The first kappa shape index (κ1) is 24.4. The van der Waals surface area contributed by atoms with E-state index >= 15 is 0 Å². The second-order valence-corrected chi connectivity index (χ2v) is 12.1. The average Bonchev–Trinajstić information content (AvgIpc) is 3.09. The molecule has 1 N–H and O–H groups in total. The van der Waals surface area contributed by atoms with Crippen LogP contribution in [0.3, 0.4) is 0 Å². The predicted molar refractivity (Wildman–Crippen MR) is 137 cm³/mol. The third-order valence-electron chi connectivity index (χ3n) is 7.71. The number of hydrogen-bond donors (Lipinski definition) is 1. The predicted octanol–water partition coefficient (Wildman–Crippen LogP) is 2.73. The molecule has 4 heterocycles. The maximum Gasteiger partial charge on any atom is 0.251 e. The number of thioether (sulfide) groups is 1. The van der Waals surface area contributed by atoms with Gasteiger partial charge in [0, 0.05) is 38.0 Å². The minimum atomic E-state index is -0.874. The van der Waals surface area contributed by atoms with Gasteiger partial charge in [-0.2, -0.15) is 0 Å². The smallest absolute Gasteiger partial charge is 0.251 e. The Morgan fingerprint density at radius 3 is 2.51 bits per heavy atom. The van der Waals surface area contributed by atoms with Crippen molar-refractivity contribution in [2.24, 2.45) is 11.8 Å². The van der Waals surface area contributed by atoms with Crippen LogP contribution in [0.1, 0.15) is 19.8 Å². The molecule has 35 heavy (non-hydrogen) atoms. The van der Waals surface area contributed by atoms with Crippen LogP contribution in [0.5, 0.6) is 0 Å². The number of fused-ring (bicyclic) bond motifs is 2. The lowest BCUT2D eigenvalue weighted by molar-refractivity contribution is -0.143. The van der Waals surface area contributed by atoms with Crippen molar-refractivity contribution in [1.82, 2.24) is 9.80 Å². The number of unbranched alkanes of at least 4 members (excludes halogenated alkanes) is 1. The molecule has 0 radical (unpaired) electrons. The molecule has 3 amide bonds. The summed E-state index contributed by atoms with van der Waals surface area (Å²) in [7, 11) is 1.76. The summed E-state index contributed by atoms with van der Waals surface area (Å²) in [5, 5.41) is 9.80. The molecule has 1 aromatic carbocycles. The van der Waals surface area contributed by atoms with Gasteiger partial charge in [-0.1, -0.05) is 48.0 Å². The summed E-state index contributed by atoms with van der Waals surface area (Å²) in [4.78, 5) is 46.9. The number of carbonyl (C=O) groups excluding carboxylic acids is 3. The van der Waals surface area contributed by atoms with Gasteiger partial charge in [0.15, 0.2) is 0 Å². The number of aliphatic hydroxyl groups excluding tert-OH is 1. The molecule has 2 saturated heterocycles. The van der Waals surface area contributed by atoms with E-state index in [9.17, 15) is 19.5 Å². The molecule has 1 spiro atoms. The molecule has 5 atom stereocenters. The quantitative estimate of drug-likeness (QED) is 0.482. The maximum absolute atomic E-state index is 14.3. The highest BCUT2D eigenvalue weighted by molar-refractivity contribution is 8.02. The Morgan fingerprint density at radius 2 is 1.77 bits per heavy atom. The van der Waals surface area contributed by atoms with Crippen LogP contribution in [0, 0.1) is 11.8 Å². The summed E-state index contributed by atoms with van der Waals surface area (Å²) in [5.74, 6) is -1.64. The molecule has 1 aromatic rings. The summed E-state index contributed by atoms with van der Waals surface area (Å²) >= 11 is 8.05. The van der Waals surface area contributed by atoms with Crippen molar-refractivity contribution >= 4 is 46.8 Å². The summed E-state index contributed by atoms with van der Waals surface area (Å²) < 4.78 is -1.48. The van der Waals surface area contributed by atoms with Crippen LogP contribution in [-0.4, -0.2) is 81.5 Å². The third-order valence-corrected chi connectivity index (χ3v) is 9.83. The number of carbonyl (C=O) groups is 3. The zero-order valence-electron chi connectivity index (χ0n) is 19.9. The molecular weight excluding hydrogens is 486 g/mol. The van der Waals surface area contributed by atoms with E-state index in [4.69, 9.17) is 11.6 Å². The number of benzene rings is 1. The summed E-state index contributed by atoms with van der Waals surface area (Å²) in [6, 6.07) is 6.44. The highest BCUT2D eigenvalue weighted by Crippen LogP contribution is 2.65. The molecule has 4 aliphatic rings. The molecule has 186 valence electrons. The van der Waals surface area contributed by atoms with Gasteiger partial charge in [-0.3, -0.25) is 14.4 Å². The molecule has 0 saturated carbocycles. The lowest BCUT2D eigenvalue weighted by Gasteiger charge is -2.37. The zero-order valence-corrected chi connectivity index (χ0v) is 21.5. The van der Waals surface area contributed by atoms with E-state index in [1.165, 1.54) is 0 Å². The Balaban J connectivity index is 1.64. The van der Waals surface area contributed by atoms with Crippen LogP contribution >= 0.6 is 23.4 Å². The Morgan fingerprint density at radius 1 is 1.03 bits per heavy atom. The first-order chi connectivity index (χ1) is 16.7. The van der Waals surface area contributed by atoms with Crippen molar-refractivity contribution in [3.8, 4) is 0 Å². The van der Waals surface area contributed by atoms with E-state index in [2.05, 4.69) is 0 Å². The first-order valence-electron chi connectivity index (χ1n) is 12.0. The minimum absolute atomic E-state index is 0.0182. The SMILES string of the molecule is CN1CC=C[C@]2(C)S[C@]34C=CCN(c5ccccc5Cl)C(=O)C3N(CCCCO)C(=O)[C@@H]4[C@@H]2C1=O. The molecule has 5 rings (SSSR count). The van der Waals surface area contributed by atoms with Crippen LogP contribution in [0.2, 0.25) is 5.02 Å². The monoisotopic (exact) mass is 515 g/mol. The number of halogens is 1. The van der Waals surface area contributed by atoms with E-state index in [1.54, 1.807) is 39.6 Å². The number of likely N-dealkylation sites (N-methyl/N-ethyl adjacent to an activating group) is 1. The van der Waals surface area contributed by atoms with Gasteiger partial charge >= 0.3 is 0 Å². The van der Waals surface area contributed by atoms with E-state index in [-0.39, 0.29) is 24.3 Å². The van der Waals surface area contributed by atoms with Gasteiger partial charge in [0.05, 0.1) is 27.3 Å². The second-order valence-electron chi connectivity index (χ2n) is 9.88. The van der Waals surface area contributed by atoms with E-state index < -0.39 is 27.4 Å². The van der Waals surface area contributed by atoms with Gasteiger partial charge in [0.1, 0.15) is 6.04 Å². The summed E-state index contributed by atoms with van der Waals surface area (Å²) in [6.45, 7) is 3.21. The normalized spacial score (nSPS) is 34.1. The van der Waals surface area contributed by atoms with E-state index in [1.807, 2.05) is 49.4 Å². The Labute approximate surface area is 214 Å². The van der Waals surface area contributed by atoms with Crippen molar-refractivity contribution < 1.29 is 19.5 Å². The van der Waals surface area contributed by atoms with Crippen molar-refractivity contribution in [1.29, 1.82) is 0 Å². The molecule has 4 aliphatic heterocycles. The number of amides is 3. The number of rotatable bonds is 5. The topological polar surface area (TPSA) is 81.2 Å². The Bertz CT molecular complexity index is 1130. The van der Waals surface area contributed by atoms with Crippen molar-refractivity contribution in [3.05, 3.63) is 53.6 Å². The highest BCUT2D eigenvalue weighted by Gasteiger charge is 2.73. The van der Waals surface area contributed by atoms with E-state index in [0.29, 0.717) is 43.2 Å². The standard InChI is InChI=1S/C26H30ClN3O4S/c1-25-11-7-13-28(2)22(32)19(25)20-23(33)30(14-5-6-16-31)21-24(34)29(15-8-12-26(20,21)35-25)18-10-4-3-9-17(18)27/h3-4,7-12,19-21,31H,5-6,13-16H2,1-2H3/t19-,20+,21?,25+,26+/m1/s1. The van der Waals surface area contributed by atoms with Gasteiger partial charge < -0.3 is 19.8 Å². The van der Waals surface area contributed by atoms with Gasteiger partial charge in [-0.15, -0.1) is 11.8 Å². The van der Waals surface area contributed by atoms with Crippen LogP contribution in [0.15, 0.2) is 48.6 Å². The van der Waals surface area contributed by atoms with Crippen molar-refractivity contribution in [2.45, 2.75) is 35.3 Å². The van der Waals surface area contributed by atoms with Gasteiger partial charge in [-0.25, -0.2) is 0 Å². The van der Waals surface area contributed by atoms with E-state index in [0.717, 1.165) is 0 Å². The number of nitrogens with zero attached hydrogens (tertiary/aromatic N) is 3. The number of likely N-dealkylation sites (tertiary alicyclic amines) is 1. The third kappa shape index (κ3) is 3.64. The van der Waals surface area contributed by atoms with Gasteiger partial charge in [0.25, 0.3) is 5.91 Å². The molecule has 0 aromatic heterocycles. The Hall–Kier alpha value is -2.29. The molecular formula is C26H30ClN3O4S. The largest absolute Gasteiger partial charge is 0.396 e. The van der Waals surface area contributed by atoms with Gasteiger partial charge in [0.2, 0.25) is 11.8 Å². The van der Waals surface area contributed by atoms with Crippen molar-refractivity contribution in [3.63, 3.8) is 0 Å². The zero-order chi connectivity index (χ0) is 25.0. The van der Waals surface area contributed by atoms with Crippen LogP contribution in [0.25, 0.3) is 0 Å². The highest BCUT2D eigenvalue weighted by atomic mass is 35.5. The fraction of sp³-hybridized carbons (Fsp3) is 0.500. The lowest BCUT2D eigenvalue weighted by Crippen LogP contribution is -2.53. The molecule has 1 unspecified atom stereocenters. The fourth-order valence-electron chi connectivity index (χ4n) is 6.16. The van der Waals surface area contributed by atoms with Crippen molar-refractivity contribution in [2.75, 3.05) is 38.2 Å². The summed E-state index contributed by atoms with van der Waals surface area (Å²) in [6.07, 6.45) is 9.09. The van der Waals surface area contributed by atoms with Gasteiger partial charge in [-0.05, 0) is 31.9 Å².